The van der Waals surface area contributed by atoms with Crippen molar-refractivity contribution in [2.45, 2.75) is 24.7 Å². The van der Waals surface area contributed by atoms with Crippen molar-refractivity contribution in [3.05, 3.63) is 57.5 Å². The number of nitrogens with zero attached hydrogens (tertiary/aromatic N) is 1. The fourth-order valence-corrected chi connectivity index (χ4v) is 3.62. The number of hydrogen-bond donors (Lipinski definition) is 0. The minimum absolute atomic E-state index is 0.0228. The molecular weight excluding hydrogens is 364 g/mol. The highest BCUT2D eigenvalue weighted by Crippen LogP contribution is 2.40. The Hall–Kier alpha value is -0.680. The normalized spacial score (nSPS) is 22.1. The quantitative estimate of drug-likeness (QED) is 0.665. The SMILES string of the molecule is CN(C)CCCC1(c2ccc(F)cc2)C=C(I)C=CC1. The molecular formula is C17H21FIN. The van der Waals surface area contributed by atoms with Gasteiger partial charge in [-0.2, -0.15) is 0 Å². The van der Waals surface area contributed by atoms with Gasteiger partial charge in [-0.3, -0.25) is 0 Å². The molecule has 0 aromatic heterocycles. The summed E-state index contributed by atoms with van der Waals surface area (Å²) in [6.07, 6.45) is 9.97. The number of hydrogen-bond acceptors (Lipinski definition) is 1. The van der Waals surface area contributed by atoms with Crippen LogP contribution in [0.15, 0.2) is 46.1 Å². The maximum atomic E-state index is 13.2. The van der Waals surface area contributed by atoms with Crippen molar-refractivity contribution >= 4 is 22.6 Å². The first-order chi connectivity index (χ1) is 9.52. The zero-order valence-corrected chi connectivity index (χ0v) is 14.2. The summed E-state index contributed by atoms with van der Waals surface area (Å²) in [6, 6.07) is 7.01. The van der Waals surface area contributed by atoms with E-state index >= 15 is 0 Å². The van der Waals surface area contributed by atoms with Crippen molar-refractivity contribution in [1.82, 2.24) is 4.90 Å². The minimum atomic E-state index is -0.165. The van der Waals surface area contributed by atoms with E-state index in [1.807, 2.05) is 12.1 Å². The van der Waals surface area contributed by atoms with Crippen molar-refractivity contribution < 1.29 is 4.39 Å². The summed E-state index contributed by atoms with van der Waals surface area (Å²) in [5.41, 5.74) is 1.24. The van der Waals surface area contributed by atoms with Crippen molar-refractivity contribution in [3.8, 4) is 0 Å². The molecule has 0 saturated carbocycles. The van der Waals surface area contributed by atoms with Crippen LogP contribution in [0.4, 0.5) is 4.39 Å². The number of rotatable bonds is 5. The number of benzene rings is 1. The molecule has 0 N–H and O–H groups in total. The zero-order valence-electron chi connectivity index (χ0n) is 12.1. The summed E-state index contributed by atoms with van der Waals surface area (Å²) in [5.74, 6) is -0.165. The Morgan fingerprint density at radius 3 is 2.55 bits per heavy atom. The molecule has 2 rings (SSSR count). The molecule has 0 saturated heterocycles. The smallest absolute Gasteiger partial charge is 0.123 e. The van der Waals surface area contributed by atoms with E-state index in [9.17, 15) is 4.39 Å². The van der Waals surface area contributed by atoms with Gasteiger partial charge in [0.15, 0.2) is 0 Å². The first-order valence-corrected chi connectivity index (χ1v) is 8.05. The van der Waals surface area contributed by atoms with E-state index in [2.05, 4.69) is 59.8 Å². The highest BCUT2D eigenvalue weighted by atomic mass is 127. The Labute approximate surface area is 134 Å². The highest BCUT2D eigenvalue weighted by molar-refractivity contribution is 14.1. The highest BCUT2D eigenvalue weighted by Gasteiger charge is 2.30. The minimum Gasteiger partial charge on any atom is -0.309 e. The lowest BCUT2D eigenvalue weighted by molar-refractivity contribution is 0.364. The lowest BCUT2D eigenvalue weighted by Gasteiger charge is -2.33. The van der Waals surface area contributed by atoms with Gasteiger partial charge in [-0.15, -0.1) is 0 Å². The van der Waals surface area contributed by atoms with Gasteiger partial charge in [-0.1, -0.05) is 30.4 Å². The molecule has 1 aromatic rings. The summed E-state index contributed by atoms with van der Waals surface area (Å²) in [7, 11) is 4.20. The van der Waals surface area contributed by atoms with Gasteiger partial charge in [0.05, 0.1) is 0 Å². The van der Waals surface area contributed by atoms with Gasteiger partial charge in [-0.05, 0) is 80.2 Å². The number of halogens is 2. The van der Waals surface area contributed by atoms with Gasteiger partial charge in [0, 0.05) is 8.99 Å². The van der Waals surface area contributed by atoms with E-state index in [1.54, 1.807) is 12.1 Å². The summed E-state index contributed by atoms with van der Waals surface area (Å²) in [4.78, 5) is 2.21. The first-order valence-electron chi connectivity index (χ1n) is 6.97. The van der Waals surface area contributed by atoms with Crippen molar-refractivity contribution in [3.63, 3.8) is 0 Å². The fraction of sp³-hybridized carbons (Fsp3) is 0.412. The van der Waals surface area contributed by atoms with Crippen LogP contribution >= 0.6 is 22.6 Å². The predicted octanol–water partition coefficient (Wildman–Crippen LogP) is 4.68. The largest absolute Gasteiger partial charge is 0.309 e. The molecule has 0 radical (unpaired) electrons. The monoisotopic (exact) mass is 385 g/mol. The molecule has 0 bridgehead atoms. The third kappa shape index (κ3) is 3.92. The van der Waals surface area contributed by atoms with Crippen LogP contribution in [0, 0.1) is 5.82 Å². The van der Waals surface area contributed by atoms with E-state index in [-0.39, 0.29) is 11.2 Å². The molecule has 0 heterocycles. The van der Waals surface area contributed by atoms with Gasteiger partial charge < -0.3 is 4.90 Å². The molecule has 1 aliphatic rings. The molecule has 0 amide bonds. The first kappa shape index (κ1) is 15.7. The van der Waals surface area contributed by atoms with E-state index in [0.717, 1.165) is 25.8 Å². The second-order valence-corrected chi connectivity index (χ2v) is 6.95. The topological polar surface area (TPSA) is 3.24 Å². The second kappa shape index (κ2) is 6.85. The average Bonchev–Trinajstić information content (AvgIpc) is 2.39. The molecule has 0 spiro atoms. The Kier molecular flexibility index (Phi) is 5.38. The third-order valence-electron chi connectivity index (χ3n) is 3.82. The lowest BCUT2D eigenvalue weighted by atomic mass is 9.72. The molecule has 3 heteroatoms. The van der Waals surface area contributed by atoms with Gasteiger partial charge >= 0.3 is 0 Å². The van der Waals surface area contributed by atoms with E-state index in [1.165, 1.54) is 9.14 Å². The van der Waals surface area contributed by atoms with Gasteiger partial charge in [0.1, 0.15) is 5.82 Å². The number of allylic oxidation sites excluding steroid dienone is 4. The van der Waals surface area contributed by atoms with Crippen LogP contribution in [0.5, 0.6) is 0 Å². The van der Waals surface area contributed by atoms with Crippen LogP contribution < -0.4 is 0 Å². The van der Waals surface area contributed by atoms with Gasteiger partial charge in [0.2, 0.25) is 0 Å². The Morgan fingerprint density at radius 1 is 1.25 bits per heavy atom. The molecule has 0 fully saturated rings. The van der Waals surface area contributed by atoms with Crippen molar-refractivity contribution in [2.24, 2.45) is 0 Å². The van der Waals surface area contributed by atoms with Gasteiger partial charge in [0.25, 0.3) is 0 Å². The van der Waals surface area contributed by atoms with Gasteiger partial charge in [-0.25, -0.2) is 4.39 Å². The van der Waals surface area contributed by atoms with Crippen molar-refractivity contribution in [2.75, 3.05) is 20.6 Å². The van der Waals surface area contributed by atoms with Crippen LogP contribution in [-0.4, -0.2) is 25.5 Å². The summed E-state index contributed by atoms with van der Waals surface area (Å²) >= 11 is 2.37. The Balaban J connectivity index is 2.25. The standard InChI is InChI=1S/C17H21FIN/c1-20(2)12-4-11-17(10-3-5-16(19)13-17)14-6-8-15(18)9-7-14/h3,5-9,13H,4,10-12H2,1-2H3. The fourth-order valence-electron chi connectivity index (χ4n) is 2.77. The van der Waals surface area contributed by atoms with Crippen LogP contribution in [0.2, 0.25) is 0 Å². The van der Waals surface area contributed by atoms with Crippen LogP contribution in [-0.2, 0) is 5.41 Å². The molecule has 1 unspecified atom stereocenters. The maximum absolute atomic E-state index is 13.2. The summed E-state index contributed by atoms with van der Waals surface area (Å²) in [6.45, 7) is 1.08. The third-order valence-corrected chi connectivity index (χ3v) is 4.49. The van der Waals surface area contributed by atoms with Crippen LogP contribution in [0.3, 0.4) is 0 Å². The maximum Gasteiger partial charge on any atom is 0.123 e. The predicted molar refractivity (Wildman–Crippen MR) is 91.7 cm³/mol. The lowest BCUT2D eigenvalue weighted by Crippen LogP contribution is -2.26. The Bertz CT molecular complexity index is 504. The molecule has 1 aromatic carbocycles. The zero-order chi connectivity index (χ0) is 14.6. The Morgan fingerprint density at radius 2 is 1.95 bits per heavy atom. The summed E-state index contributed by atoms with van der Waals surface area (Å²) < 4.78 is 14.4. The molecule has 108 valence electrons. The molecule has 1 atom stereocenters. The van der Waals surface area contributed by atoms with E-state index in [0.29, 0.717) is 0 Å². The molecule has 0 aliphatic heterocycles. The molecule has 1 nitrogen and oxygen atoms in total. The molecule has 20 heavy (non-hydrogen) atoms. The van der Waals surface area contributed by atoms with Crippen LogP contribution in [0.25, 0.3) is 0 Å². The average molecular weight is 385 g/mol. The molecule has 1 aliphatic carbocycles. The van der Waals surface area contributed by atoms with Crippen LogP contribution in [0.1, 0.15) is 24.8 Å². The summed E-state index contributed by atoms with van der Waals surface area (Å²) in [5, 5.41) is 0. The van der Waals surface area contributed by atoms with E-state index in [4.69, 9.17) is 0 Å². The second-order valence-electron chi connectivity index (χ2n) is 5.71. The van der Waals surface area contributed by atoms with E-state index < -0.39 is 0 Å². The van der Waals surface area contributed by atoms with Crippen molar-refractivity contribution in [1.29, 1.82) is 0 Å².